The number of aliphatic hydroxyl groups excluding tert-OH is 1. The molecule has 0 bridgehead atoms. The predicted octanol–water partition coefficient (Wildman–Crippen LogP) is 5.29. The highest BCUT2D eigenvalue weighted by atomic mass is 16.3. The average Bonchev–Trinajstić information content (AvgIpc) is 2.42. The molecule has 2 nitrogen and oxygen atoms in total. The summed E-state index contributed by atoms with van der Waals surface area (Å²) in [4.78, 5) is 0. The van der Waals surface area contributed by atoms with E-state index in [0.29, 0.717) is 17.4 Å². The van der Waals surface area contributed by atoms with Crippen LogP contribution in [0.4, 0.5) is 0 Å². The number of unbranched alkanes of at least 4 members (excludes halogenated alkanes) is 1. The lowest BCUT2D eigenvalue weighted by molar-refractivity contribution is 0.422. The molecule has 0 amide bonds. The van der Waals surface area contributed by atoms with Crippen LogP contribution >= 0.6 is 0 Å². The number of benzene rings is 1. The molecule has 112 valence electrons. The molecule has 2 heteroatoms. The monoisotopic (exact) mass is 284 g/mol. The van der Waals surface area contributed by atoms with E-state index in [1.54, 1.807) is 6.07 Å². The van der Waals surface area contributed by atoms with Gasteiger partial charge in [0.15, 0.2) is 0 Å². The van der Waals surface area contributed by atoms with E-state index in [9.17, 15) is 10.2 Å². The Morgan fingerprint density at radius 1 is 1.29 bits per heavy atom. The first-order valence-electron chi connectivity index (χ1n) is 7.60. The number of aliphatic hydroxyl groups is 1. The van der Waals surface area contributed by atoms with Gasteiger partial charge in [-0.05, 0) is 67.7 Å². The number of phenolic OH excluding ortho intramolecular Hbond substituents is 1. The average molecular weight is 284 g/mol. The molecule has 2 N–H and O–H groups in total. The van der Waals surface area contributed by atoms with E-state index in [1.807, 2.05) is 31.2 Å². The van der Waals surface area contributed by atoms with Crippen LogP contribution < -0.4 is 0 Å². The standard InChI is InChI=1S/C19H24O2/c1-4-5-6-19(17-9-7-15(20)11-13(17)2)18-10-8-16(21)12-14(18)3/h6-9,11-12,18,20-21H,4-5,10H2,1-3H3/b19-6+. The zero-order valence-electron chi connectivity index (χ0n) is 13.1. The van der Waals surface area contributed by atoms with Crippen molar-refractivity contribution in [3.8, 4) is 5.75 Å². The Morgan fingerprint density at radius 2 is 2.05 bits per heavy atom. The molecule has 2 rings (SSSR count). The van der Waals surface area contributed by atoms with Crippen LogP contribution in [0.25, 0.3) is 5.57 Å². The third-order valence-corrected chi connectivity index (χ3v) is 4.04. The number of allylic oxidation sites excluding steroid dienone is 5. The van der Waals surface area contributed by atoms with Crippen molar-refractivity contribution in [3.63, 3.8) is 0 Å². The SMILES string of the molecule is CCC/C=C(\c1ccc(O)cc1C)C1CC=C(O)C=C1C. The Bertz CT molecular complexity index is 606. The molecule has 1 aromatic carbocycles. The van der Waals surface area contributed by atoms with Crippen LogP contribution in [0, 0.1) is 12.8 Å². The maximum Gasteiger partial charge on any atom is 0.115 e. The first-order chi connectivity index (χ1) is 10.0. The molecule has 1 atom stereocenters. The lowest BCUT2D eigenvalue weighted by atomic mass is 9.80. The molecule has 0 heterocycles. The topological polar surface area (TPSA) is 40.5 Å². The highest BCUT2D eigenvalue weighted by molar-refractivity contribution is 5.73. The number of phenols is 1. The molecule has 1 aliphatic carbocycles. The summed E-state index contributed by atoms with van der Waals surface area (Å²) in [5, 5.41) is 19.3. The summed E-state index contributed by atoms with van der Waals surface area (Å²) in [6, 6.07) is 5.55. The normalized spacial score (nSPS) is 19.2. The molecule has 1 aromatic rings. The minimum absolute atomic E-state index is 0.302. The van der Waals surface area contributed by atoms with Crippen molar-refractivity contribution < 1.29 is 10.2 Å². The molecule has 0 spiro atoms. The van der Waals surface area contributed by atoms with Crippen molar-refractivity contribution >= 4 is 5.57 Å². The van der Waals surface area contributed by atoms with Crippen LogP contribution in [-0.2, 0) is 0 Å². The first kappa shape index (κ1) is 15.4. The third kappa shape index (κ3) is 3.57. The van der Waals surface area contributed by atoms with Gasteiger partial charge in [0.05, 0.1) is 0 Å². The molecule has 21 heavy (non-hydrogen) atoms. The van der Waals surface area contributed by atoms with Crippen LogP contribution in [0.15, 0.2) is 47.8 Å². The van der Waals surface area contributed by atoms with Gasteiger partial charge in [-0.1, -0.05) is 31.1 Å². The second-order valence-electron chi connectivity index (χ2n) is 5.75. The van der Waals surface area contributed by atoms with Gasteiger partial charge in [-0.2, -0.15) is 0 Å². The quantitative estimate of drug-likeness (QED) is 0.788. The van der Waals surface area contributed by atoms with Gasteiger partial charge < -0.3 is 10.2 Å². The maximum atomic E-state index is 9.65. The summed E-state index contributed by atoms with van der Waals surface area (Å²) < 4.78 is 0. The second-order valence-corrected chi connectivity index (χ2v) is 5.75. The Labute approximate surface area is 127 Å². The molecular weight excluding hydrogens is 260 g/mol. The van der Waals surface area contributed by atoms with Gasteiger partial charge in [-0.15, -0.1) is 0 Å². The van der Waals surface area contributed by atoms with Crippen molar-refractivity contribution in [1.82, 2.24) is 0 Å². The van der Waals surface area contributed by atoms with Crippen molar-refractivity contribution in [3.05, 3.63) is 58.9 Å². The van der Waals surface area contributed by atoms with Crippen LogP contribution in [0.5, 0.6) is 5.75 Å². The minimum Gasteiger partial charge on any atom is -0.508 e. The van der Waals surface area contributed by atoms with Crippen LogP contribution in [0.2, 0.25) is 0 Å². The van der Waals surface area contributed by atoms with E-state index >= 15 is 0 Å². The highest BCUT2D eigenvalue weighted by Crippen LogP contribution is 2.37. The number of hydrogen-bond donors (Lipinski definition) is 2. The van der Waals surface area contributed by atoms with E-state index in [2.05, 4.69) is 19.9 Å². The Balaban J connectivity index is 2.43. The van der Waals surface area contributed by atoms with E-state index in [1.165, 1.54) is 16.7 Å². The van der Waals surface area contributed by atoms with Gasteiger partial charge in [-0.25, -0.2) is 0 Å². The van der Waals surface area contributed by atoms with Crippen molar-refractivity contribution in [2.45, 2.75) is 40.0 Å². The molecule has 1 unspecified atom stereocenters. The minimum atomic E-state index is 0.302. The maximum absolute atomic E-state index is 9.65. The van der Waals surface area contributed by atoms with Crippen LogP contribution in [-0.4, -0.2) is 10.2 Å². The number of rotatable bonds is 4. The lowest BCUT2D eigenvalue weighted by Gasteiger charge is -2.25. The smallest absolute Gasteiger partial charge is 0.115 e. The van der Waals surface area contributed by atoms with E-state index < -0.39 is 0 Å². The van der Waals surface area contributed by atoms with Gasteiger partial charge in [0.1, 0.15) is 11.5 Å². The molecule has 1 aliphatic rings. The molecule has 0 saturated heterocycles. The van der Waals surface area contributed by atoms with Gasteiger partial charge in [0.25, 0.3) is 0 Å². The fourth-order valence-corrected chi connectivity index (χ4v) is 2.90. The van der Waals surface area contributed by atoms with Crippen LogP contribution in [0.3, 0.4) is 0 Å². The van der Waals surface area contributed by atoms with E-state index in [-0.39, 0.29) is 0 Å². The summed E-state index contributed by atoms with van der Waals surface area (Å²) in [5.41, 5.74) is 4.76. The Hall–Kier alpha value is -1.96. The zero-order chi connectivity index (χ0) is 15.4. The number of hydrogen-bond acceptors (Lipinski definition) is 2. The van der Waals surface area contributed by atoms with Crippen LogP contribution in [0.1, 0.15) is 44.2 Å². The number of aryl methyl sites for hydroxylation is 1. The van der Waals surface area contributed by atoms with E-state index in [4.69, 9.17) is 0 Å². The molecule has 0 aliphatic heterocycles. The van der Waals surface area contributed by atoms with Gasteiger partial charge >= 0.3 is 0 Å². The summed E-state index contributed by atoms with van der Waals surface area (Å²) in [5.74, 6) is 0.969. The van der Waals surface area contributed by atoms with Crippen molar-refractivity contribution in [1.29, 1.82) is 0 Å². The molecule has 0 fully saturated rings. The second kappa shape index (κ2) is 6.66. The zero-order valence-corrected chi connectivity index (χ0v) is 13.1. The molecule has 0 radical (unpaired) electrons. The number of aromatic hydroxyl groups is 1. The Morgan fingerprint density at radius 3 is 2.67 bits per heavy atom. The summed E-state index contributed by atoms with van der Waals surface area (Å²) >= 11 is 0. The summed E-state index contributed by atoms with van der Waals surface area (Å²) in [7, 11) is 0. The van der Waals surface area contributed by atoms with Gasteiger partial charge in [0, 0.05) is 5.92 Å². The Kier molecular flexibility index (Phi) is 4.89. The summed E-state index contributed by atoms with van der Waals surface area (Å²) in [6.07, 6.45) is 9.00. The molecule has 0 saturated carbocycles. The van der Waals surface area contributed by atoms with Gasteiger partial charge in [0.2, 0.25) is 0 Å². The first-order valence-corrected chi connectivity index (χ1v) is 7.60. The molecular formula is C19H24O2. The fourth-order valence-electron chi connectivity index (χ4n) is 2.90. The van der Waals surface area contributed by atoms with E-state index in [0.717, 1.165) is 24.8 Å². The van der Waals surface area contributed by atoms with Crippen molar-refractivity contribution in [2.75, 3.05) is 0 Å². The third-order valence-electron chi connectivity index (χ3n) is 4.04. The fraction of sp³-hybridized carbons (Fsp3) is 0.368. The summed E-state index contributed by atoms with van der Waals surface area (Å²) in [6.45, 7) is 6.28. The lowest BCUT2D eigenvalue weighted by Crippen LogP contribution is -2.09. The largest absolute Gasteiger partial charge is 0.508 e. The molecule has 0 aromatic heterocycles. The highest BCUT2D eigenvalue weighted by Gasteiger charge is 2.21. The predicted molar refractivity (Wildman–Crippen MR) is 88.3 cm³/mol. The van der Waals surface area contributed by atoms with Crippen molar-refractivity contribution in [2.24, 2.45) is 5.92 Å². The van der Waals surface area contributed by atoms with Gasteiger partial charge in [-0.3, -0.25) is 0 Å².